The van der Waals surface area contributed by atoms with E-state index < -0.39 is 16.8 Å². The summed E-state index contributed by atoms with van der Waals surface area (Å²) in [4.78, 5) is 12.2. The van der Waals surface area contributed by atoms with Gasteiger partial charge < -0.3 is 10.6 Å². The molecule has 98 valence electrons. The number of amides is 1. The van der Waals surface area contributed by atoms with Crippen LogP contribution in [0.4, 0.5) is 15.8 Å². The van der Waals surface area contributed by atoms with Crippen LogP contribution in [0.3, 0.4) is 0 Å². The van der Waals surface area contributed by atoms with Gasteiger partial charge in [-0.05, 0) is 33.8 Å². The van der Waals surface area contributed by atoms with Crippen molar-refractivity contribution in [2.45, 2.75) is 33.2 Å². The Hall–Kier alpha value is -1.29. The minimum absolute atomic E-state index is 0.0333. The highest BCUT2D eigenvalue weighted by Crippen LogP contribution is 2.41. The van der Waals surface area contributed by atoms with Crippen molar-refractivity contribution in [3.63, 3.8) is 0 Å². The number of carbonyl (C=O) groups is 1. The van der Waals surface area contributed by atoms with Gasteiger partial charge in [0.15, 0.2) is 0 Å². The Labute approximate surface area is 111 Å². The Morgan fingerprint density at radius 1 is 1.17 bits per heavy atom. The summed E-state index contributed by atoms with van der Waals surface area (Å²) < 4.78 is 13.4. The van der Waals surface area contributed by atoms with Gasteiger partial charge in [0.2, 0.25) is 5.91 Å². The fourth-order valence-corrected chi connectivity index (χ4v) is 1.97. The third kappa shape index (κ3) is 1.85. The first-order chi connectivity index (χ1) is 8.15. The van der Waals surface area contributed by atoms with E-state index in [2.05, 4.69) is 10.6 Å². The molecule has 1 heterocycles. The van der Waals surface area contributed by atoms with E-state index >= 15 is 0 Å². The third-order valence-electron chi connectivity index (χ3n) is 3.89. The Balaban J connectivity index is 2.59. The maximum Gasteiger partial charge on any atom is 0.232 e. The molecule has 5 heteroatoms. The molecule has 0 aromatic heterocycles. The minimum atomic E-state index is -0.644. The van der Waals surface area contributed by atoms with Crippen molar-refractivity contribution >= 4 is 28.9 Å². The van der Waals surface area contributed by atoms with Crippen LogP contribution in [-0.2, 0) is 4.79 Å². The molecule has 0 bridgehead atoms. The highest BCUT2D eigenvalue weighted by atomic mass is 35.5. The molecule has 1 aromatic carbocycles. The molecule has 2 rings (SSSR count). The van der Waals surface area contributed by atoms with Gasteiger partial charge in [-0.2, -0.15) is 0 Å². The normalized spacial score (nSPS) is 20.4. The molecular formula is C13H16ClFN2O. The van der Waals surface area contributed by atoms with Crippen LogP contribution in [0.25, 0.3) is 0 Å². The van der Waals surface area contributed by atoms with Crippen LogP contribution in [-0.4, -0.2) is 11.4 Å². The van der Waals surface area contributed by atoms with Crippen molar-refractivity contribution in [1.29, 1.82) is 0 Å². The lowest BCUT2D eigenvalue weighted by molar-refractivity contribution is -0.126. The Kier molecular flexibility index (Phi) is 2.81. The number of hydrogen-bond donors (Lipinski definition) is 2. The number of hydrogen-bond acceptors (Lipinski definition) is 2. The fourth-order valence-electron chi connectivity index (χ4n) is 1.81. The average molecular weight is 271 g/mol. The summed E-state index contributed by atoms with van der Waals surface area (Å²) in [5.74, 6) is -0.699. The topological polar surface area (TPSA) is 41.1 Å². The van der Waals surface area contributed by atoms with Gasteiger partial charge in [0.1, 0.15) is 5.82 Å². The van der Waals surface area contributed by atoms with Crippen LogP contribution < -0.4 is 10.6 Å². The number of fused-ring (bicyclic) bond motifs is 1. The Morgan fingerprint density at radius 2 is 1.78 bits per heavy atom. The van der Waals surface area contributed by atoms with E-state index in [0.717, 1.165) is 0 Å². The first-order valence-electron chi connectivity index (χ1n) is 5.74. The molecule has 0 saturated heterocycles. The number of nitrogens with one attached hydrogen (secondary N) is 2. The van der Waals surface area contributed by atoms with E-state index in [1.165, 1.54) is 12.1 Å². The monoisotopic (exact) mass is 270 g/mol. The zero-order valence-electron chi connectivity index (χ0n) is 10.8. The van der Waals surface area contributed by atoms with Crippen molar-refractivity contribution in [2.24, 2.45) is 5.41 Å². The van der Waals surface area contributed by atoms with Gasteiger partial charge in [-0.3, -0.25) is 4.79 Å². The summed E-state index contributed by atoms with van der Waals surface area (Å²) in [6.45, 7) is 7.55. The molecule has 1 aliphatic heterocycles. The van der Waals surface area contributed by atoms with E-state index in [9.17, 15) is 9.18 Å². The van der Waals surface area contributed by atoms with Crippen LogP contribution in [0, 0.1) is 11.2 Å². The van der Waals surface area contributed by atoms with Crippen LogP contribution in [0.15, 0.2) is 12.1 Å². The number of halogens is 2. The molecule has 18 heavy (non-hydrogen) atoms. The maximum atomic E-state index is 13.4. The predicted molar refractivity (Wildman–Crippen MR) is 71.5 cm³/mol. The van der Waals surface area contributed by atoms with Crippen molar-refractivity contribution in [1.82, 2.24) is 0 Å². The third-order valence-corrected chi connectivity index (χ3v) is 4.18. The van der Waals surface area contributed by atoms with Crippen LogP contribution in [0.1, 0.15) is 27.7 Å². The van der Waals surface area contributed by atoms with E-state index in [1.54, 1.807) is 0 Å². The lowest BCUT2D eigenvalue weighted by Crippen LogP contribution is -2.50. The van der Waals surface area contributed by atoms with Crippen LogP contribution in [0.5, 0.6) is 0 Å². The lowest BCUT2D eigenvalue weighted by Gasteiger charge is -2.39. The molecular weight excluding hydrogens is 255 g/mol. The summed E-state index contributed by atoms with van der Waals surface area (Å²) in [7, 11) is 0. The fraction of sp³-hybridized carbons (Fsp3) is 0.462. The zero-order valence-corrected chi connectivity index (χ0v) is 11.6. The molecule has 0 atom stereocenters. The van der Waals surface area contributed by atoms with Crippen LogP contribution >= 0.6 is 11.6 Å². The molecule has 0 saturated carbocycles. The molecule has 1 aliphatic rings. The molecule has 2 N–H and O–H groups in total. The number of rotatable bonds is 0. The van der Waals surface area contributed by atoms with Gasteiger partial charge in [-0.25, -0.2) is 4.39 Å². The highest BCUT2D eigenvalue weighted by Gasteiger charge is 2.45. The number of anilines is 2. The van der Waals surface area contributed by atoms with Crippen molar-refractivity contribution in [2.75, 3.05) is 10.6 Å². The quantitative estimate of drug-likeness (QED) is 0.756. The molecule has 1 aromatic rings. The molecule has 1 amide bonds. The average Bonchev–Trinajstić information content (AvgIpc) is 2.28. The molecule has 0 aliphatic carbocycles. The maximum absolute atomic E-state index is 13.4. The largest absolute Gasteiger partial charge is 0.377 e. The standard InChI is InChI=1S/C13H16ClFN2O/c1-12(2)11(18)16-9-6-8(15)7(14)5-10(9)17-13(12,3)4/h5-6,17H,1-4H3,(H,16,18). The van der Waals surface area contributed by atoms with Gasteiger partial charge in [-0.15, -0.1) is 0 Å². The summed E-state index contributed by atoms with van der Waals surface area (Å²) >= 11 is 5.77. The second-order valence-corrected chi connectivity index (χ2v) is 6.05. The number of benzene rings is 1. The Bertz CT molecular complexity index is 526. The van der Waals surface area contributed by atoms with Gasteiger partial charge in [-0.1, -0.05) is 11.6 Å². The second-order valence-electron chi connectivity index (χ2n) is 5.64. The van der Waals surface area contributed by atoms with Crippen molar-refractivity contribution in [3.8, 4) is 0 Å². The van der Waals surface area contributed by atoms with Crippen LogP contribution in [0.2, 0.25) is 5.02 Å². The molecule has 0 fully saturated rings. The summed E-state index contributed by atoms with van der Waals surface area (Å²) in [5.41, 5.74) is -0.0794. The zero-order chi connectivity index (χ0) is 13.7. The Morgan fingerprint density at radius 3 is 2.39 bits per heavy atom. The lowest BCUT2D eigenvalue weighted by atomic mass is 9.74. The minimum Gasteiger partial charge on any atom is -0.377 e. The smallest absolute Gasteiger partial charge is 0.232 e. The van der Waals surface area contributed by atoms with Gasteiger partial charge >= 0.3 is 0 Å². The molecule has 0 spiro atoms. The van der Waals surface area contributed by atoms with Crippen molar-refractivity contribution < 1.29 is 9.18 Å². The first-order valence-corrected chi connectivity index (χ1v) is 6.11. The SMILES string of the molecule is CC1(C)Nc2cc(Cl)c(F)cc2NC(=O)C1(C)C. The predicted octanol–water partition coefficient (Wildman–Crippen LogP) is 3.65. The highest BCUT2D eigenvalue weighted by molar-refractivity contribution is 6.31. The van der Waals surface area contributed by atoms with E-state index in [1.807, 2.05) is 27.7 Å². The first kappa shape index (κ1) is 13.1. The van der Waals surface area contributed by atoms with E-state index in [4.69, 9.17) is 11.6 Å². The molecule has 0 radical (unpaired) electrons. The molecule has 3 nitrogen and oxygen atoms in total. The van der Waals surface area contributed by atoms with Gasteiger partial charge in [0.25, 0.3) is 0 Å². The summed E-state index contributed by atoms with van der Waals surface area (Å²) in [6.07, 6.45) is 0. The van der Waals surface area contributed by atoms with Crippen molar-refractivity contribution in [3.05, 3.63) is 23.0 Å². The summed E-state index contributed by atoms with van der Waals surface area (Å²) in [6, 6.07) is 2.73. The van der Waals surface area contributed by atoms with Gasteiger partial charge in [0, 0.05) is 11.6 Å². The summed E-state index contributed by atoms with van der Waals surface area (Å²) in [5, 5.41) is 6.02. The number of carbonyl (C=O) groups excluding carboxylic acids is 1. The van der Waals surface area contributed by atoms with E-state index in [0.29, 0.717) is 11.4 Å². The van der Waals surface area contributed by atoms with E-state index in [-0.39, 0.29) is 10.9 Å². The van der Waals surface area contributed by atoms with Gasteiger partial charge in [0.05, 0.1) is 21.8 Å². The second kappa shape index (κ2) is 3.85. The molecule has 0 unspecified atom stereocenters.